The van der Waals surface area contributed by atoms with E-state index >= 15 is 0 Å². The predicted octanol–water partition coefficient (Wildman–Crippen LogP) is 1.45. The molecule has 0 fully saturated rings. The van der Waals surface area contributed by atoms with Crippen LogP contribution in [-0.4, -0.2) is 67.6 Å². The number of hydrogen-bond acceptors (Lipinski definition) is 7. The molecule has 0 radical (unpaired) electrons. The zero-order valence-corrected chi connectivity index (χ0v) is 14.2. The summed E-state index contributed by atoms with van der Waals surface area (Å²) in [5.74, 6) is 0. The van der Waals surface area contributed by atoms with Crippen LogP contribution in [0.2, 0.25) is 0 Å². The molecule has 1 rings (SSSR count). The molecular formula is C12H19F3N4O3S. The number of nitrogens with one attached hydrogen (secondary N) is 1. The van der Waals surface area contributed by atoms with E-state index in [2.05, 4.69) is 15.0 Å². The molecule has 7 nitrogen and oxygen atoms in total. The largest absolute Gasteiger partial charge is 0.393 e. The van der Waals surface area contributed by atoms with Crippen LogP contribution in [0, 0.1) is 5.41 Å². The predicted molar refractivity (Wildman–Crippen MR) is 80.8 cm³/mol. The molecule has 1 aliphatic heterocycles. The Hall–Kier alpha value is -1.49. The van der Waals surface area contributed by atoms with Crippen LogP contribution < -0.4 is 0 Å². The summed E-state index contributed by atoms with van der Waals surface area (Å²) >= 11 is 0. The molecule has 0 saturated heterocycles. The third kappa shape index (κ3) is 3.55. The lowest BCUT2D eigenvalue weighted by molar-refractivity contribution is -0.0232. The van der Waals surface area contributed by atoms with Gasteiger partial charge in [0.05, 0.1) is 12.4 Å². The Morgan fingerprint density at radius 1 is 1.48 bits per heavy atom. The van der Waals surface area contributed by atoms with Crippen LogP contribution in [0.4, 0.5) is 13.2 Å². The van der Waals surface area contributed by atoms with Crippen molar-refractivity contribution in [1.29, 1.82) is 5.41 Å². The van der Waals surface area contributed by atoms with Gasteiger partial charge in [0.2, 0.25) is 5.04 Å². The highest BCUT2D eigenvalue weighted by Gasteiger charge is 2.59. The number of nitrogens with zero attached hydrogens (tertiary/aromatic N) is 3. The Labute approximate surface area is 132 Å². The van der Waals surface area contributed by atoms with Crippen molar-refractivity contribution >= 4 is 26.3 Å². The maximum atomic E-state index is 14.2. The first-order valence-electron chi connectivity index (χ1n) is 6.53. The van der Waals surface area contributed by atoms with Gasteiger partial charge in [-0.1, -0.05) is 5.16 Å². The maximum absolute atomic E-state index is 14.2. The molecule has 1 unspecified atom stereocenters. The number of alkyl halides is 3. The number of rotatable bonds is 5. The molecule has 0 aliphatic carbocycles. The van der Waals surface area contributed by atoms with E-state index in [1.807, 2.05) is 0 Å². The smallest absolute Gasteiger partial charge is 0.385 e. The van der Waals surface area contributed by atoms with Crippen molar-refractivity contribution < 1.29 is 26.4 Å². The summed E-state index contributed by atoms with van der Waals surface area (Å²) < 4.78 is 66.6. The Balaban J connectivity index is 3.17. The maximum Gasteiger partial charge on any atom is 0.393 e. The van der Waals surface area contributed by atoms with E-state index in [-0.39, 0.29) is 6.67 Å². The molecule has 0 saturated carbocycles. The lowest BCUT2D eigenvalue weighted by Crippen LogP contribution is -2.48. The number of halogens is 3. The normalized spacial score (nSPS) is 22.0. The standard InChI is InChI=1S/C12H19F3N4O3S/c1-7(17-6-19(4)5)9(16)12(14,15)23(20,21)10-8(13)11(2,3)22-18-10/h8,16H,6H2,1-5H3. The Morgan fingerprint density at radius 2 is 2.00 bits per heavy atom. The fourth-order valence-electron chi connectivity index (χ4n) is 1.54. The molecular weight excluding hydrogens is 337 g/mol. The minimum Gasteiger partial charge on any atom is -0.385 e. The number of aliphatic imine (C=N–C) groups is 1. The summed E-state index contributed by atoms with van der Waals surface area (Å²) in [5, 5.41) is 4.30. The monoisotopic (exact) mass is 356 g/mol. The molecule has 1 atom stereocenters. The fourth-order valence-corrected chi connectivity index (χ4v) is 2.91. The first-order valence-corrected chi connectivity index (χ1v) is 8.01. The van der Waals surface area contributed by atoms with E-state index in [9.17, 15) is 21.6 Å². The molecule has 23 heavy (non-hydrogen) atoms. The molecule has 1 N–H and O–H groups in total. The molecule has 0 aromatic carbocycles. The second kappa shape index (κ2) is 6.19. The summed E-state index contributed by atoms with van der Waals surface area (Å²) in [5.41, 5.74) is -3.67. The highest BCUT2D eigenvalue weighted by molar-refractivity contribution is 8.08. The molecule has 0 bridgehead atoms. The summed E-state index contributed by atoms with van der Waals surface area (Å²) in [6, 6.07) is 0. The van der Waals surface area contributed by atoms with Crippen molar-refractivity contribution in [2.75, 3.05) is 20.8 Å². The lowest BCUT2D eigenvalue weighted by atomic mass is 10.1. The van der Waals surface area contributed by atoms with E-state index in [1.54, 1.807) is 19.0 Å². The summed E-state index contributed by atoms with van der Waals surface area (Å²) in [7, 11) is -2.30. The van der Waals surface area contributed by atoms with Crippen molar-refractivity contribution in [2.45, 2.75) is 37.8 Å². The number of sulfone groups is 1. The van der Waals surface area contributed by atoms with Crippen LogP contribution in [0.25, 0.3) is 0 Å². The average molecular weight is 356 g/mol. The van der Waals surface area contributed by atoms with Crippen molar-refractivity contribution in [3.05, 3.63) is 0 Å². The van der Waals surface area contributed by atoms with Gasteiger partial charge in [-0.3, -0.25) is 15.3 Å². The van der Waals surface area contributed by atoms with E-state index < -0.39 is 43.3 Å². The van der Waals surface area contributed by atoms with E-state index in [0.717, 1.165) is 6.92 Å². The van der Waals surface area contributed by atoms with E-state index in [4.69, 9.17) is 5.41 Å². The van der Waals surface area contributed by atoms with Gasteiger partial charge in [0, 0.05) is 0 Å². The molecule has 0 spiro atoms. The summed E-state index contributed by atoms with van der Waals surface area (Å²) in [4.78, 5) is 9.79. The third-order valence-corrected chi connectivity index (χ3v) is 4.77. The van der Waals surface area contributed by atoms with Crippen LogP contribution in [0.3, 0.4) is 0 Å². The highest BCUT2D eigenvalue weighted by atomic mass is 32.2. The second-order valence-electron chi connectivity index (χ2n) is 5.85. The molecule has 0 aromatic heterocycles. The van der Waals surface area contributed by atoms with E-state index in [0.29, 0.717) is 0 Å². The summed E-state index contributed by atoms with van der Waals surface area (Å²) in [6.07, 6.45) is -2.36. The lowest BCUT2D eigenvalue weighted by Gasteiger charge is -2.21. The highest BCUT2D eigenvalue weighted by Crippen LogP contribution is 2.34. The Morgan fingerprint density at radius 3 is 2.39 bits per heavy atom. The van der Waals surface area contributed by atoms with Crippen LogP contribution in [0.5, 0.6) is 0 Å². The van der Waals surface area contributed by atoms with Crippen molar-refractivity contribution in [2.24, 2.45) is 10.1 Å². The van der Waals surface area contributed by atoms with Gasteiger partial charge in [-0.2, -0.15) is 8.78 Å². The van der Waals surface area contributed by atoms with Gasteiger partial charge in [0.1, 0.15) is 5.71 Å². The van der Waals surface area contributed by atoms with Crippen LogP contribution >= 0.6 is 0 Å². The third-order valence-electron chi connectivity index (χ3n) is 3.05. The number of oxime groups is 1. The minimum atomic E-state index is -5.54. The molecule has 11 heteroatoms. The van der Waals surface area contributed by atoms with Gasteiger partial charge in [-0.15, -0.1) is 0 Å². The van der Waals surface area contributed by atoms with Gasteiger partial charge >= 0.3 is 5.25 Å². The molecule has 1 heterocycles. The van der Waals surface area contributed by atoms with Gasteiger partial charge in [-0.05, 0) is 34.9 Å². The van der Waals surface area contributed by atoms with Gasteiger partial charge < -0.3 is 4.84 Å². The van der Waals surface area contributed by atoms with Gasteiger partial charge in [0.25, 0.3) is 9.84 Å². The van der Waals surface area contributed by atoms with Crippen LogP contribution in [0.15, 0.2) is 10.1 Å². The topological polar surface area (TPSA) is 95.2 Å². The van der Waals surface area contributed by atoms with Crippen molar-refractivity contribution in [3.63, 3.8) is 0 Å². The van der Waals surface area contributed by atoms with Crippen molar-refractivity contribution in [3.8, 4) is 0 Å². The van der Waals surface area contributed by atoms with Gasteiger partial charge in [-0.25, -0.2) is 12.8 Å². The Bertz CT molecular complexity index is 656. The average Bonchev–Trinajstić information content (AvgIpc) is 2.69. The first-order chi connectivity index (χ1) is 10.2. The molecule has 0 aromatic rings. The second-order valence-corrected chi connectivity index (χ2v) is 7.78. The molecule has 0 amide bonds. The first kappa shape index (κ1) is 19.6. The number of hydrogen-bond donors (Lipinski definition) is 1. The molecule has 1 aliphatic rings. The minimum absolute atomic E-state index is 0.00678. The van der Waals surface area contributed by atoms with Gasteiger partial charge in [0.15, 0.2) is 11.8 Å². The quantitative estimate of drug-likeness (QED) is 0.754. The fraction of sp³-hybridized carbons (Fsp3) is 0.750. The SMILES string of the molecule is CC(=NCN(C)C)C(=N)C(F)(F)S(=O)(=O)C1=NOC(C)(C)C1F. The zero-order valence-electron chi connectivity index (χ0n) is 13.4. The Kier molecular flexibility index (Phi) is 5.26. The molecule has 132 valence electrons. The van der Waals surface area contributed by atoms with Crippen molar-refractivity contribution in [1.82, 2.24) is 4.90 Å². The zero-order chi connectivity index (χ0) is 18.2. The summed E-state index contributed by atoms with van der Waals surface area (Å²) in [6.45, 7) is 3.43. The van der Waals surface area contributed by atoms with Crippen LogP contribution in [-0.2, 0) is 14.7 Å². The van der Waals surface area contributed by atoms with Crippen LogP contribution in [0.1, 0.15) is 20.8 Å². The van der Waals surface area contributed by atoms with E-state index in [1.165, 1.54) is 13.8 Å².